The second kappa shape index (κ2) is 8.64. The number of hydrogen-bond donors (Lipinski definition) is 0. The lowest BCUT2D eigenvalue weighted by Gasteiger charge is -2.42. The monoisotopic (exact) mass is 429 g/mol. The van der Waals surface area contributed by atoms with Gasteiger partial charge in [-0.15, -0.1) is 0 Å². The second-order valence-corrected chi connectivity index (χ2v) is 9.23. The minimum Gasteiger partial charge on any atom is -0.340 e. The molecule has 0 unspecified atom stereocenters. The Morgan fingerprint density at radius 3 is 2.70 bits per heavy atom. The van der Waals surface area contributed by atoms with Crippen molar-refractivity contribution in [3.8, 4) is 0 Å². The first-order chi connectivity index (χ1) is 14.4. The number of alkyl halides is 1. The fourth-order valence-electron chi connectivity index (χ4n) is 4.57. The first-order valence-electron chi connectivity index (χ1n) is 10.7. The molecule has 4 rings (SSSR count). The standard InChI is InChI=1S/C24H29ClFN3O/c1-17-6-5-9-27-22(17)16-28(2)23(30)19-13-24(26,14-19)20-8-7-18(21(25)12-20)15-29-10-3-4-11-29/h5-9,12,19H,3-4,10-11,13-16H2,1-2H3/t19-,24+. The van der Waals surface area contributed by atoms with E-state index < -0.39 is 5.67 Å². The zero-order valence-electron chi connectivity index (χ0n) is 17.7. The molecule has 1 saturated carbocycles. The number of pyridine rings is 1. The van der Waals surface area contributed by atoms with E-state index in [1.54, 1.807) is 24.2 Å². The molecule has 0 bridgehead atoms. The number of nitrogens with zero attached hydrogens (tertiary/aromatic N) is 3. The van der Waals surface area contributed by atoms with Gasteiger partial charge in [0.15, 0.2) is 0 Å². The summed E-state index contributed by atoms with van der Waals surface area (Å²) in [6.45, 7) is 5.43. The molecule has 0 N–H and O–H groups in total. The van der Waals surface area contributed by atoms with Crippen molar-refractivity contribution >= 4 is 17.5 Å². The summed E-state index contributed by atoms with van der Waals surface area (Å²) in [5.74, 6) is -0.322. The van der Waals surface area contributed by atoms with Gasteiger partial charge in [0.25, 0.3) is 0 Å². The van der Waals surface area contributed by atoms with Crippen LogP contribution in [0, 0.1) is 12.8 Å². The van der Waals surface area contributed by atoms with Crippen LogP contribution in [0.3, 0.4) is 0 Å². The molecule has 0 radical (unpaired) electrons. The van der Waals surface area contributed by atoms with E-state index in [4.69, 9.17) is 11.6 Å². The summed E-state index contributed by atoms with van der Waals surface area (Å²) in [5.41, 5.74) is 2.08. The van der Waals surface area contributed by atoms with Crippen molar-refractivity contribution in [1.29, 1.82) is 0 Å². The molecule has 30 heavy (non-hydrogen) atoms. The van der Waals surface area contributed by atoms with Crippen LogP contribution in [-0.2, 0) is 23.6 Å². The molecule has 1 saturated heterocycles. The fourth-order valence-corrected chi connectivity index (χ4v) is 4.81. The molecule has 2 aromatic rings. The van der Waals surface area contributed by atoms with Gasteiger partial charge in [0.05, 0.1) is 12.2 Å². The highest BCUT2D eigenvalue weighted by molar-refractivity contribution is 6.31. The van der Waals surface area contributed by atoms with Crippen molar-refractivity contribution in [1.82, 2.24) is 14.8 Å². The van der Waals surface area contributed by atoms with Crippen molar-refractivity contribution in [3.05, 3.63) is 63.9 Å². The van der Waals surface area contributed by atoms with Crippen molar-refractivity contribution in [2.24, 2.45) is 5.92 Å². The second-order valence-electron chi connectivity index (χ2n) is 8.82. The lowest BCUT2D eigenvalue weighted by atomic mass is 9.68. The number of aromatic nitrogens is 1. The summed E-state index contributed by atoms with van der Waals surface area (Å²) in [6, 6.07) is 9.41. The Bertz CT molecular complexity index is 922. The van der Waals surface area contributed by atoms with E-state index >= 15 is 4.39 Å². The number of halogens is 2. The maximum Gasteiger partial charge on any atom is 0.226 e. The van der Waals surface area contributed by atoms with Crippen molar-refractivity contribution in [2.75, 3.05) is 20.1 Å². The number of carbonyl (C=O) groups excluding carboxylic acids is 1. The molecule has 160 valence electrons. The van der Waals surface area contributed by atoms with Crippen LogP contribution in [0.25, 0.3) is 0 Å². The van der Waals surface area contributed by atoms with E-state index in [0.717, 1.165) is 36.5 Å². The summed E-state index contributed by atoms with van der Waals surface area (Å²) < 4.78 is 15.5. The van der Waals surface area contributed by atoms with E-state index in [1.165, 1.54) is 12.8 Å². The van der Waals surface area contributed by atoms with E-state index in [-0.39, 0.29) is 24.7 Å². The molecule has 1 aliphatic heterocycles. The van der Waals surface area contributed by atoms with Crippen LogP contribution in [0.2, 0.25) is 5.02 Å². The van der Waals surface area contributed by atoms with Crippen molar-refractivity contribution in [2.45, 2.75) is 51.4 Å². The highest BCUT2D eigenvalue weighted by Gasteiger charge is 2.50. The number of likely N-dealkylation sites (tertiary alicyclic amines) is 1. The van der Waals surface area contributed by atoms with Gasteiger partial charge in [0.1, 0.15) is 5.67 Å². The lowest BCUT2D eigenvalue weighted by Crippen LogP contribution is -2.46. The average Bonchev–Trinajstić information content (AvgIpc) is 3.21. The number of benzene rings is 1. The Morgan fingerprint density at radius 1 is 1.30 bits per heavy atom. The Kier molecular flexibility index (Phi) is 6.12. The van der Waals surface area contributed by atoms with E-state index in [1.807, 2.05) is 31.2 Å². The Hall–Kier alpha value is -1.98. The third kappa shape index (κ3) is 4.37. The Labute approximate surface area is 183 Å². The minimum atomic E-state index is -1.47. The van der Waals surface area contributed by atoms with Gasteiger partial charge in [-0.25, -0.2) is 4.39 Å². The molecule has 1 amide bonds. The lowest BCUT2D eigenvalue weighted by molar-refractivity contribution is -0.144. The zero-order chi connectivity index (χ0) is 21.3. The molecule has 0 atom stereocenters. The third-order valence-corrected chi connectivity index (χ3v) is 6.89. The molecule has 4 nitrogen and oxygen atoms in total. The molecular formula is C24H29ClFN3O. The van der Waals surface area contributed by atoms with Gasteiger partial charge in [-0.3, -0.25) is 14.7 Å². The average molecular weight is 430 g/mol. The van der Waals surface area contributed by atoms with Gasteiger partial charge in [0, 0.05) is 30.7 Å². The van der Waals surface area contributed by atoms with Gasteiger partial charge in [0.2, 0.25) is 5.91 Å². The predicted molar refractivity (Wildman–Crippen MR) is 117 cm³/mol. The van der Waals surface area contributed by atoms with Gasteiger partial charge in [-0.2, -0.15) is 0 Å². The molecule has 1 aromatic heterocycles. The quantitative estimate of drug-likeness (QED) is 0.657. The van der Waals surface area contributed by atoms with Crippen LogP contribution in [0.5, 0.6) is 0 Å². The number of rotatable bonds is 6. The van der Waals surface area contributed by atoms with Crippen molar-refractivity contribution in [3.63, 3.8) is 0 Å². The van der Waals surface area contributed by atoms with Crippen LogP contribution >= 0.6 is 11.6 Å². The Morgan fingerprint density at radius 2 is 2.03 bits per heavy atom. The van der Waals surface area contributed by atoms with Crippen LogP contribution in [0.1, 0.15) is 48.1 Å². The Balaban J connectivity index is 1.36. The molecule has 2 heterocycles. The molecule has 0 spiro atoms. The summed E-state index contributed by atoms with van der Waals surface area (Å²) >= 11 is 6.47. The number of amides is 1. The molecule has 1 aliphatic carbocycles. The summed E-state index contributed by atoms with van der Waals surface area (Å²) in [4.78, 5) is 21.2. The third-order valence-electron chi connectivity index (χ3n) is 6.53. The van der Waals surface area contributed by atoms with Gasteiger partial charge < -0.3 is 4.90 Å². The van der Waals surface area contributed by atoms with Crippen LogP contribution in [0.15, 0.2) is 36.5 Å². The predicted octanol–water partition coefficient (Wildman–Crippen LogP) is 4.87. The summed E-state index contributed by atoms with van der Waals surface area (Å²) in [6.07, 6.45) is 4.60. The van der Waals surface area contributed by atoms with Crippen LogP contribution < -0.4 is 0 Å². The molecule has 2 fully saturated rings. The molecule has 1 aromatic carbocycles. The van der Waals surface area contributed by atoms with Gasteiger partial charge in [-0.1, -0.05) is 29.8 Å². The van der Waals surface area contributed by atoms with Crippen molar-refractivity contribution < 1.29 is 9.18 Å². The van der Waals surface area contributed by atoms with Gasteiger partial charge >= 0.3 is 0 Å². The fraction of sp³-hybridized carbons (Fsp3) is 0.500. The summed E-state index contributed by atoms with van der Waals surface area (Å²) in [7, 11) is 1.76. The topological polar surface area (TPSA) is 36.4 Å². The number of aryl methyl sites for hydroxylation is 1. The zero-order valence-corrected chi connectivity index (χ0v) is 18.5. The first kappa shape index (κ1) is 21.3. The maximum atomic E-state index is 15.5. The van der Waals surface area contributed by atoms with E-state index in [0.29, 0.717) is 17.1 Å². The smallest absolute Gasteiger partial charge is 0.226 e. The first-order valence-corrected chi connectivity index (χ1v) is 11.1. The summed E-state index contributed by atoms with van der Waals surface area (Å²) in [5, 5.41) is 0.619. The highest BCUT2D eigenvalue weighted by atomic mass is 35.5. The minimum absolute atomic E-state index is 0.0231. The molecular weight excluding hydrogens is 401 g/mol. The number of hydrogen-bond acceptors (Lipinski definition) is 3. The highest BCUT2D eigenvalue weighted by Crippen LogP contribution is 2.50. The van der Waals surface area contributed by atoms with Gasteiger partial charge in [-0.05, 0) is 74.5 Å². The molecule has 2 aliphatic rings. The van der Waals surface area contributed by atoms with E-state index in [2.05, 4.69) is 9.88 Å². The normalized spacial score (nSPS) is 23.9. The maximum absolute atomic E-state index is 15.5. The van der Waals surface area contributed by atoms with E-state index in [9.17, 15) is 4.79 Å². The van der Waals surface area contributed by atoms with Crippen LogP contribution in [0.4, 0.5) is 4.39 Å². The SMILES string of the molecule is Cc1cccnc1CN(C)C(=O)[C@H]1C[C@](F)(c2ccc(CN3CCCC3)c(Cl)c2)C1. The van der Waals surface area contributed by atoms with Crippen LogP contribution in [-0.4, -0.2) is 40.8 Å². The molecule has 6 heteroatoms. The number of carbonyl (C=O) groups is 1. The largest absolute Gasteiger partial charge is 0.340 e.